The van der Waals surface area contributed by atoms with Crippen LogP contribution >= 0.6 is 19.2 Å². The third-order valence-corrected chi connectivity index (χ3v) is 12.9. The molecule has 0 N–H and O–H groups in total. The third-order valence-electron chi connectivity index (χ3n) is 10.6. The molecular weight excluding hydrogens is 682 g/mol. The first-order chi connectivity index (χ1) is 24.1. The molecule has 0 unspecified atom stereocenters. The molecule has 50 heavy (non-hydrogen) atoms. The number of nitrogens with zero attached hydrogens (tertiary/aromatic N) is 6. The molecule has 14 heteroatoms. The quantitative estimate of drug-likeness (QED) is 0.196. The Labute approximate surface area is 298 Å². The van der Waals surface area contributed by atoms with E-state index >= 15 is 0 Å². The lowest BCUT2D eigenvalue weighted by Gasteiger charge is -2.42. The molecule has 4 aliphatic rings. The number of alkyl halides is 1. The molecule has 0 radical (unpaired) electrons. The van der Waals surface area contributed by atoms with E-state index in [1.165, 1.54) is 0 Å². The number of likely N-dealkylation sites (tertiary alicyclic amines) is 1. The normalized spacial score (nSPS) is 22.5. The van der Waals surface area contributed by atoms with Gasteiger partial charge in [0.2, 0.25) is 5.91 Å². The number of fused-ring (bicyclic) bond motifs is 3. The summed E-state index contributed by atoms with van der Waals surface area (Å²) >= 11 is 6.73. The monoisotopic (exact) mass is 728 g/mol. The van der Waals surface area contributed by atoms with Gasteiger partial charge in [-0.05, 0) is 57.2 Å². The molecule has 1 aromatic heterocycles. The Morgan fingerprint density at radius 2 is 1.86 bits per heavy atom. The van der Waals surface area contributed by atoms with Crippen LogP contribution in [0.5, 0.6) is 6.01 Å². The molecule has 270 valence electrons. The minimum Gasteiger partial charge on any atom is -0.461 e. The molecule has 7 rings (SSSR count). The smallest absolute Gasteiger partial charge is 0.340 e. The Kier molecular flexibility index (Phi) is 10.3. The average molecular weight is 729 g/mol. The summed E-state index contributed by atoms with van der Waals surface area (Å²) in [5.74, 6) is 0.806. The highest BCUT2D eigenvalue weighted by Gasteiger charge is 2.49. The van der Waals surface area contributed by atoms with Crippen LogP contribution in [0.25, 0.3) is 10.8 Å². The van der Waals surface area contributed by atoms with Crippen LogP contribution < -0.4 is 14.5 Å². The fourth-order valence-corrected chi connectivity index (χ4v) is 10.2. The summed E-state index contributed by atoms with van der Waals surface area (Å²) in [6.45, 7) is 8.72. The van der Waals surface area contributed by atoms with E-state index in [0.717, 1.165) is 65.9 Å². The van der Waals surface area contributed by atoms with Gasteiger partial charge in [0.1, 0.15) is 24.8 Å². The molecule has 3 aromatic rings. The summed E-state index contributed by atoms with van der Waals surface area (Å²) in [5, 5.41) is 2.82. The fraction of sp³-hybridized carbons (Fsp3) is 0.583. The Hall–Kier alpha value is -3.02. The van der Waals surface area contributed by atoms with Gasteiger partial charge in [-0.25, -0.2) is 4.39 Å². The van der Waals surface area contributed by atoms with E-state index in [1.807, 2.05) is 19.2 Å². The first-order valence-electron chi connectivity index (χ1n) is 17.8. The van der Waals surface area contributed by atoms with Crippen molar-refractivity contribution in [1.82, 2.24) is 19.8 Å². The van der Waals surface area contributed by atoms with Gasteiger partial charge < -0.3 is 28.5 Å². The maximum absolute atomic E-state index is 14.5. The molecule has 0 saturated carbocycles. The number of hydrogen-bond acceptors (Lipinski definition) is 10. The molecule has 0 spiro atoms. The number of hydrogen-bond donors (Lipinski definition) is 0. The number of amides is 1. The number of carbonyl (C=O) groups excluding carboxylic acids is 1. The Bertz CT molecular complexity index is 1770. The van der Waals surface area contributed by atoms with E-state index in [4.69, 9.17) is 35.4 Å². The van der Waals surface area contributed by atoms with Gasteiger partial charge in [0.05, 0.1) is 36.0 Å². The van der Waals surface area contributed by atoms with Crippen LogP contribution in [0.4, 0.5) is 15.9 Å². The number of rotatable bonds is 13. The van der Waals surface area contributed by atoms with Gasteiger partial charge in [0.25, 0.3) is 0 Å². The first-order valence-corrected chi connectivity index (χ1v) is 19.9. The number of aromatic nitrogens is 2. The Morgan fingerprint density at radius 1 is 1.10 bits per heavy atom. The van der Waals surface area contributed by atoms with Crippen LogP contribution in [-0.2, 0) is 31.4 Å². The van der Waals surface area contributed by atoms with Crippen LogP contribution in [-0.4, -0.2) is 110 Å². The summed E-state index contributed by atoms with van der Waals surface area (Å²) < 4.78 is 44.6. The molecule has 1 amide bonds. The zero-order valence-electron chi connectivity index (χ0n) is 29.2. The highest BCUT2D eigenvalue weighted by atomic mass is 35.5. The highest BCUT2D eigenvalue weighted by molar-refractivity contribution is 7.54. The largest absolute Gasteiger partial charge is 0.461 e. The molecule has 11 nitrogen and oxygen atoms in total. The van der Waals surface area contributed by atoms with E-state index in [0.29, 0.717) is 56.8 Å². The molecule has 4 aliphatic heterocycles. The summed E-state index contributed by atoms with van der Waals surface area (Å²) in [4.78, 5) is 31.3. The maximum atomic E-state index is 14.5. The number of ether oxygens (including phenoxy) is 1. The van der Waals surface area contributed by atoms with Gasteiger partial charge >= 0.3 is 13.6 Å². The lowest BCUT2D eigenvalue weighted by Crippen LogP contribution is -2.54. The summed E-state index contributed by atoms with van der Waals surface area (Å²) in [5.41, 5.74) is 2.73. The van der Waals surface area contributed by atoms with Crippen molar-refractivity contribution in [3.8, 4) is 6.01 Å². The lowest BCUT2D eigenvalue weighted by atomic mass is 9.95. The molecule has 2 atom stereocenters. The lowest BCUT2D eigenvalue weighted by molar-refractivity contribution is -0.134. The van der Waals surface area contributed by atoms with Crippen molar-refractivity contribution in [3.63, 3.8) is 0 Å². The SMILES string of the molecule is CCOP(=O)(CC(=O)N1CC(CN(C)c2nc(OC[C@@]34CCCN3C[C@H](F)C4)nc3c2CCN(c2cccc4cccc(Cl)c24)C3)C1)OCC. The van der Waals surface area contributed by atoms with Crippen molar-refractivity contribution in [2.75, 3.05) is 82.1 Å². The molecule has 3 saturated heterocycles. The number of anilines is 2. The van der Waals surface area contributed by atoms with E-state index < -0.39 is 13.8 Å². The van der Waals surface area contributed by atoms with Gasteiger partial charge in [0.15, 0.2) is 0 Å². The minimum atomic E-state index is -3.46. The molecule has 0 bridgehead atoms. The first kappa shape index (κ1) is 35.4. The van der Waals surface area contributed by atoms with Crippen molar-refractivity contribution in [2.45, 2.75) is 57.8 Å². The topological polar surface area (TPSA) is 101 Å². The molecule has 5 heterocycles. The highest BCUT2D eigenvalue weighted by Crippen LogP contribution is 2.48. The van der Waals surface area contributed by atoms with E-state index in [1.54, 1.807) is 18.7 Å². The van der Waals surface area contributed by atoms with E-state index in [9.17, 15) is 13.8 Å². The average Bonchev–Trinajstić information content (AvgIpc) is 3.60. The van der Waals surface area contributed by atoms with Crippen molar-refractivity contribution in [1.29, 1.82) is 0 Å². The van der Waals surface area contributed by atoms with Crippen molar-refractivity contribution < 1.29 is 27.5 Å². The predicted octanol–water partition coefficient (Wildman–Crippen LogP) is 5.96. The summed E-state index contributed by atoms with van der Waals surface area (Å²) in [7, 11) is -1.44. The molecule has 3 fully saturated rings. The van der Waals surface area contributed by atoms with Gasteiger partial charge in [0, 0.05) is 68.7 Å². The third kappa shape index (κ3) is 7.06. The van der Waals surface area contributed by atoms with Crippen LogP contribution in [0.2, 0.25) is 5.02 Å². The van der Waals surface area contributed by atoms with Gasteiger partial charge in [-0.2, -0.15) is 9.97 Å². The Morgan fingerprint density at radius 3 is 2.62 bits per heavy atom. The predicted molar refractivity (Wildman–Crippen MR) is 193 cm³/mol. The standard InChI is InChI=1S/C36H47ClFN6O5P/c1-4-48-50(46,49-5-2)23-32(45)43-19-25(20-43)18-41(3)34-28-13-16-42(31-12-7-10-26-9-6-11-29(37)33(26)31)22-30(28)39-35(40-34)47-24-36-14-8-15-44(36)21-27(38)17-36/h6-7,9-12,25,27H,4-5,8,13-24H2,1-3H3/t27-,36+/m1/s1. The van der Waals surface area contributed by atoms with Crippen molar-refractivity contribution in [2.24, 2.45) is 5.92 Å². The maximum Gasteiger partial charge on any atom is 0.340 e. The van der Waals surface area contributed by atoms with Crippen LogP contribution in [0.15, 0.2) is 36.4 Å². The number of halogens is 2. The number of carbonyl (C=O) groups is 1. The van der Waals surface area contributed by atoms with Crippen LogP contribution in [0.3, 0.4) is 0 Å². The second kappa shape index (κ2) is 14.5. The second-order valence-electron chi connectivity index (χ2n) is 14.1. The van der Waals surface area contributed by atoms with Crippen molar-refractivity contribution >= 4 is 47.4 Å². The minimum absolute atomic E-state index is 0.210. The molecule has 2 aromatic carbocycles. The number of benzene rings is 2. The van der Waals surface area contributed by atoms with E-state index in [2.05, 4.69) is 39.0 Å². The Balaban J connectivity index is 1.10. The van der Waals surface area contributed by atoms with E-state index in [-0.39, 0.29) is 36.7 Å². The summed E-state index contributed by atoms with van der Waals surface area (Å²) in [6, 6.07) is 12.5. The fourth-order valence-electron chi connectivity index (χ4n) is 8.31. The molecular formula is C36H47ClFN6O5P. The van der Waals surface area contributed by atoms with Gasteiger partial charge in [-0.15, -0.1) is 0 Å². The van der Waals surface area contributed by atoms with Gasteiger partial charge in [-0.3, -0.25) is 14.3 Å². The second-order valence-corrected chi connectivity index (χ2v) is 16.5. The zero-order chi connectivity index (χ0) is 35.0. The van der Waals surface area contributed by atoms with Crippen LogP contribution in [0.1, 0.15) is 44.4 Å². The van der Waals surface area contributed by atoms with Crippen LogP contribution in [0, 0.1) is 5.92 Å². The van der Waals surface area contributed by atoms with Gasteiger partial charge in [-0.1, -0.05) is 35.9 Å². The van der Waals surface area contributed by atoms with Crippen molar-refractivity contribution in [3.05, 3.63) is 52.7 Å². The summed E-state index contributed by atoms with van der Waals surface area (Å²) in [6.07, 6.45) is 2.05. The zero-order valence-corrected chi connectivity index (χ0v) is 30.8. The molecule has 0 aliphatic carbocycles.